The molecule has 0 aliphatic carbocycles. The number of hydrogen-bond acceptors (Lipinski definition) is 4. The van der Waals surface area contributed by atoms with Gasteiger partial charge in [-0.2, -0.15) is 21.2 Å². The van der Waals surface area contributed by atoms with E-state index in [4.69, 9.17) is 11.6 Å². The molecule has 0 unspecified atom stereocenters. The Bertz CT molecular complexity index is 542. The minimum absolute atomic E-state index is 0.0442. The van der Waals surface area contributed by atoms with E-state index >= 15 is 0 Å². The average molecular weight is 324 g/mol. The molecule has 2 rings (SSSR count). The van der Waals surface area contributed by atoms with E-state index in [1.165, 1.54) is 6.20 Å². The number of aryl methyl sites for hydroxylation is 1. The van der Waals surface area contributed by atoms with Crippen molar-refractivity contribution in [1.82, 2.24) is 14.1 Å². The highest BCUT2D eigenvalue weighted by atomic mass is 35.5. The first-order chi connectivity index (χ1) is 8.85. The van der Waals surface area contributed by atoms with E-state index < -0.39 is 10.0 Å². The highest BCUT2D eigenvalue weighted by molar-refractivity contribution is 8.00. The third-order valence-electron chi connectivity index (χ3n) is 2.95. The zero-order valence-electron chi connectivity index (χ0n) is 11.0. The number of halogens is 1. The van der Waals surface area contributed by atoms with E-state index in [0.717, 1.165) is 5.75 Å². The number of hydrogen-bond donors (Lipinski definition) is 0. The number of sulfonamides is 1. The van der Waals surface area contributed by atoms with Gasteiger partial charge in [0.1, 0.15) is 4.90 Å². The third-order valence-corrected chi connectivity index (χ3v) is 6.22. The number of rotatable bonds is 4. The fourth-order valence-corrected chi connectivity index (χ4v) is 5.05. The molecule has 1 saturated heterocycles. The van der Waals surface area contributed by atoms with Crippen molar-refractivity contribution in [3.63, 3.8) is 0 Å². The van der Waals surface area contributed by atoms with E-state index in [2.05, 4.69) is 18.9 Å². The van der Waals surface area contributed by atoms with E-state index in [0.29, 0.717) is 25.5 Å². The molecule has 19 heavy (non-hydrogen) atoms. The molecule has 8 heteroatoms. The van der Waals surface area contributed by atoms with Crippen LogP contribution in [0.4, 0.5) is 0 Å². The maximum absolute atomic E-state index is 12.5. The zero-order valence-corrected chi connectivity index (χ0v) is 13.4. The van der Waals surface area contributed by atoms with Crippen LogP contribution >= 0.6 is 23.4 Å². The number of alkyl halides is 1. The number of nitrogens with zero attached hydrogens (tertiary/aromatic N) is 3. The lowest BCUT2D eigenvalue weighted by atomic mass is 10.2. The van der Waals surface area contributed by atoms with Crippen LogP contribution in [0.5, 0.6) is 0 Å². The van der Waals surface area contributed by atoms with E-state index in [9.17, 15) is 8.42 Å². The predicted molar refractivity (Wildman–Crippen MR) is 78.2 cm³/mol. The van der Waals surface area contributed by atoms with Gasteiger partial charge in [-0.25, -0.2) is 8.42 Å². The van der Waals surface area contributed by atoms with Gasteiger partial charge in [0.2, 0.25) is 10.0 Å². The molecule has 1 aromatic heterocycles. The molecule has 0 atom stereocenters. The largest absolute Gasteiger partial charge is 0.270 e. The van der Waals surface area contributed by atoms with Crippen molar-refractivity contribution in [1.29, 1.82) is 0 Å². The maximum Gasteiger partial charge on any atom is 0.246 e. The van der Waals surface area contributed by atoms with Gasteiger partial charge in [-0.1, -0.05) is 0 Å². The SMILES string of the molecule is CC1(C)CN(S(=O)(=O)c2cnn(CCCl)c2)CCS1. The molecule has 0 aromatic carbocycles. The Labute approximate surface area is 123 Å². The van der Waals surface area contributed by atoms with Crippen molar-refractivity contribution in [2.75, 3.05) is 24.7 Å². The van der Waals surface area contributed by atoms with Crippen molar-refractivity contribution in [3.8, 4) is 0 Å². The molecule has 0 saturated carbocycles. The first kappa shape index (κ1) is 15.2. The molecule has 0 bridgehead atoms. The first-order valence-electron chi connectivity index (χ1n) is 6.08. The van der Waals surface area contributed by atoms with Crippen LogP contribution in [0.1, 0.15) is 13.8 Å². The van der Waals surface area contributed by atoms with Crippen LogP contribution in [0.25, 0.3) is 0 Å². The fourth-order valence-electron chi connectivity index (χ4n) is 2.01. The molecule has 1 aromatic rings. The van der Waals surface area contributed by atoms with E-state index in [-0.39, 0.29) is 9.64 Å². The lowest BCUT2D eigenvalue weighted by Gasteiger charge is -2.36. The van der Waals surface area contributed by atoms with Gasteiger partial charge in [0.05, 0.1) is 12.7 Å². The van der Waals surface area contributed by atoms with Crippen molar-refractivity contribution < 1.29 is 8.42 Å². The third kappa shape index (κ3) is 3.45. The minimum Gasteiger partial charge on any atom is -0.270 e. The summed E-state index contributed by atoms with van der Waals surface area (Å²) >= 11 is 7.43. The van der Waals surface area contributed by atoms with Gasteiger partial charge in [0, 0.05) is 35.7 Å². The van der Waals surface area contributed by atoms with Gasteiger partial charge in [0.15, 0.2) is 0 Å². The molecule has 0 radical (unpaired) electrons. The van der Waals surface area contributed by atoms with Gasteiger partial charge in [-0.05, 0) is 13.8 Å². The van der Waals surface area contributed by atoms with Crippen LogP contribution in [-0.2, 0) is 16.6 Å². The minimum atomic E-state index is -3.44. The summed E-state index contributed by atoms with van der Waals surface area (Å²) in [4.78, 5) is 0.250. The van der Waals surface area contributed by atoms with Crippen LogP contribution in [0.15, 0.2) is 17.3 Å². The highest BCUT2D eigenvalue weighted by Gasteiger charge is 2.35. The molecule has 108 valence electrons. The predicted octanol–water partition coefficient (Wildman–Crippen LogP) is 1.64. The number of thioether (sulfide) groups is 1. The summed E-state index contributed by atoms with van der Waals surface area (Å²) in [7, 11) is -3.44. The lowest BCUT2D eigenvalue weighted by Crippen LogP contribution is -2.45. The Morgan fingerprint density at radius 3 is 2.89 bits per heavy atom. The second kappa shape index (κ2) is 5.63. The first-order valence-corrected chi connectivity index (χ1v) is 9.04. The molecule has 0 amide bonds. The Kier molecular flexibility index (Phi) is 4.49. The standard InChI is InChI=1S/C11H18ClN3O2S2/c1-11(2)9-15(5-6-18-11)19(16,17)10-7-13-14(8-10)4-3-12/h7-8H,3-6,9H2,1-2H3. The summed E-state index contributed by atoms with van der Waals surface area (Å²) in [5.74, 6) is 1.23. The molecule has 1 aliphatic rings. The van der Waals surface area contributed by atoms with Gasteiger partial charge < -0.3 is 0 Å². The van der Waals surface area contributed by atoms with Gasteiger partial charge >= 0.3 is 0 Å². The topological polar surface area (TPSA) is 55.2 Å². The van der Waals surface area contributed by atoms with E-state index in [1.54, 1.807) is 26.9 Å². The molecule has 5 nitrogen and oxygen atoms in total. The lowest BCUT2D eigenvalue weighted by molar-refractivity contribution is 0.387. The van der Waals surface area contributed by atoms with Crippen molar-refractivity contribution >= 4 is 33.4 Å². The Hall–Kier alpha value is -0.240. The molecule has 1 fully saturated rings. The highest BCUT2D eigenvalue weighted by Crippen LogP contribution is 2.32. The summed E-state index contributed by atoms with van der Waals surface area (Å²) in [6.07, 6.45) is 2.95. The van der Waals surface area contributed by atoms with Crippen LogP contribution in [0, 0.1) is 0 Å². The summed E-state index contributed by atoms with van der Waals surface area (Å²) in [5.41, 5.74) is 0. The molecule has 0 N–H and O–H groups in total. The van der Waals surface area contributed by atoms with Gasteiger partial charge in [-0.3, -0.25) is 4.68 Å². The molecule has 1 aliphatic heterocycles. The van der Waals surface area contributed by atoms with Crippen molar-refractivity contribution in [2.24, 2.45) is 0 Å². The van der Waals surface area contributed by atoms with E-state index in [1.807, 2.05) is 0 Å². The van der Waals surface area contributed by atoms with Crippen LogP contribution in [0.2, 0.25) is 0 Å². The van der Waals surface area contributed by atoms with Crippen LogP contribution < -0.4 is 0 Å². The second-order valence-electron chi connectivity index (χ2n) is 5.07. The monoisotopic (exact) mass is 323 g/mol. The zero-order chi connectivity index (χ0) is 14.1. The summed E-state index contributed by atoms with van der Waals surface area (Å²) in [6, 6.07) is 0. The van der Waals surface area contributed by atoms with Gasteiger partial charge in [0.25, 0.3) is 0 Å². The smallest absolute Gasteiger partial charge is 0.246 e. The normalized spacial score (nSPS) is 20.6. The van der Waals surface area contributed by atoms with Crippen LogP contribution in [0.3, 0.4) is 0 Å². The Morgan fingerprint density at radius 2 is 2.26 bits per heavy atom. The quantitative estimate of drug-likeness (QED) is 0.790. The fraction of sp³-hybridized carbons (Fsp3) is 0.727. The van der Waals surface area contributed by atoms with Crippen LogP contribution in [-0.4, -0.2) is 52.0 Å². The van der Waals surface area contributed by atoms with Crippen molar-refractivity contribution in [3.05, 3.63) is 12.4 Å². The summed E-state index contributed by atoms with van der Waals surface area (Å²) < 4.78 is 28.1. The Morgan fingerprint density at radius 1 is 1.53 bits per heavy atom. The molecule has 2 heterocycles. The summed E-state index contributed by atoms with van der Waals surface area (Å²) in [6.45, 7) is 5.72. The average Bonchev–Trinajstić information content (AvgIpc) is 2.77. The van der Waals surface area contributed by atoms with Crippen molar-refractivity contribution in [2.45, 2.75) is 30.0 Å². The summed E-state index contributed by atoms with van der Waals surface area (Å²) in [5, 5.41) is 4.02. The molecule has 0 spiro atoms. The Balaban J connectivity index is 2.21. The number of aromatic nitrogens is 2. The molecular weight excluding hydrogens is 306 g/mol. The molecular formula is C11H18ClN3O2S2. The second-order valence-corrected chi connectivity index (χ2v) is 9.19. The van der Waals surface area contributed by atoms with Gasteiger partial charge in [-0.15, -0.1) is 11.6 Å². The maximum atomic E-state index is 12.5.